The van der Waals surface area contributed by atoms with E-state index in [1.54, 1.807) is 20.1 Å². The lowest BCUT2D eigenvalue weighted by atomic mass is 9.95. The lowest BCUT2D eigenvalue weighted by molar-refractivity contribution is -0.112. The van der Waals surface area contributed by atoms with Crippen molar-refractivity contribution in [3.8, 4) is 0 Å². The van der Waals surface area contributed by atoms with Crippen molar-refractivity contribution in [2.75, 3.05) is 7.11 Å². The van der Waals surface area contributed by atoms with E-state index in [1.165, 1.54) is 0 Å². The predicted octanol–water partition coefficient (Wildman–Crippen LogP) is 2.58. The third kappa shape index (κ3) is 4.23. The molecule has 2 atom stereocenters. The lowest BCUT2D eigenvalue weighted by Gasteiger charge is -2.22. The number of methoxy groups -OCH3 is 1. The molecule has 0 fully saturated rings. The Bertz CT molecular complexity index is 194. The van der Waals surface area contributed by atoms with Crippen molar-refractivity contribution in [1.29, 1.82) is 0 Å². The second-order valence-corrected chi connectivity index (χ2v) is 3.54. The maximum atomic E-state index is 10.9. The highest BCUT2D eigenvalue weighted by molar-refractivity contribution is 5.88. The van der Waals surface area contributed by atoms with Crippen molar-refractivity contribution >= 4 is 5.78 Å². The number of carbonyl (C=O) groups excluding carboxylic acids is 1. The summed E-state index contributed by atoms with van der Waals surface area (Å²) in [6.45, 7) is 7.76. The van der Waals surface area contributed by atoms with Gasteiger partial charge >= 0.3 is 0 Å². The zero-order valence-corrected chi connectivity index (χ0v) is 9.26. The molecule has 0 saturated heterocycles. The Labute approximate surface area is 81.0 Å². The van der Waals surface area contributed by atoms with E-state index in [1.807, 2.05) is 6.92 Å². The SMILES string of the molecule is CCC(C)C(OC)C(C)=CC(C)=O. The first-order valence-electron chi connectivity index (χ1n) is 4.74. The van der Waals surface area contributed by atoms with Crippen LogP contribution in [0.15, 0.2) is 11.6 Å². The summed E-state index contributed by atoms with van der Waals surface area (Å²) in [4.78, 5) is 10.9. The molecule has 0 aliphatic carbocycles. The van der Waals surface area contributed by atoms with Gasteiger partial charge < -0.3 is 4.74 Å². The molecule has 0 amide bonds. The quantitative estimate of drug-likeness (QED) is 0.614. The fraction of sp³-hybridized carbons (Fsp3) is 0.727. The van der Waals surface area contributed by atoms with E-state index in [4.69, 9.17) is 4.74 Å². The van der Waals surface area contributed by atoms with E-state index in [2.05, 4.69) is 13.8 Å². The largest absolute Gasteiger partial charge is 0.377 e. The van der Waals surface area contributed by atoms with E-state index >= 15 is 0 Å². The first-order chi connectivity index (χ1) is 6.02. The molecule has 0 heterocycles. The molecule has 0 aromatic carbocycles. The van der Waals surface area contributed by atoms with E-state index < -0.39 is 0 Å². The number of ketones is 1. The molecule has 76 valence electrons. The standard InChI is InChI=1S/C11H20O2/c1-6-8(2)11(13-5)9(3)7-10(4)12/h7-8,11H,6H2,1-5H3. The van der Waals surface area contributed by atoms with Gasteiger partial charge in [0.25, 0.3) is 0 Å². The highest BCUT2D eigenvalue weighted by Gasteiger charge is 2.16. The average molecular weight is 184 g/mol. The highest BCUT2D eigenvalue weighted by Crippen LogP contribution is 2.18. The third-order valence-electron chi connectivity index (χ3n) is 2.29. The van der Waals surface area contributed by atoms with Crippen LogP contribution in [0.3, 0.4) is 0 Å². The molecule has 0 aromatic rings. The van der Waals surface area contributed by atoms with Crippen LogP contribution >= 0.6 is 0 Å². The molecule has 0 rings (SSSR count). The number of carbonyl (C=O) groups is 1. The minimum atomic E-state index is 0.0777. The topological polar surface area (TPSA) is 26.3 Å². The minimum absolute atomic E-state index is 0.0777. The van der Waals surface area contributed by atoms with Crippen LogP contribution in [0.4, 0.5) is 0 Å². The molecule has 0 radical (unpaired) electrons. The molecule has 0 N–H and O–H groups in total. The van der Waals surface area contributed by atoms with E-state index in [0.29, 0.717) is 5.92 Å². The predicted molar refractivity (Wildman–Crippen MR) is 54.7 cm³/mol. The van der Waals surface area contributed by atoms with Crippen molar-refractivity contribution in [3.05, 3.63) is 11.6 Å². The Kier molecular flexibility index (Phi) is 5.63. The molecule has 2 unspecified atom stereocenters. The van der Waals surface area contributed by atoms with Gasteiger partial charge in [-0.3, -0.25) is 4.79 Å². The smallest absolute Gasteiger partial charge is 0.152 e. The van der Waals surface area contributed by atoms with Crippen LogP contribution in [0.2, 0.25) is 0 Å². The van der Waals surface area contributed by atoms with Gasteiger partial charge in [-0.05, 0) is 31.4 Å². The van der Waals surface area contributed by atoms with Crippen molar-refractivity contribution < 1.29 is 9.53 Å². The Morgan fingerprint density at radius 1 is 1.46 bits per heavy atom. The maximum absolute atomic E-state index is 10.9. The monoisotopic (exact) mass is 184 g/mol. The van der Waals surface area contributed by atoms with Gasteiger partial charge in [0, 0.05) is 7.11 Å². The number of allylic oxidation sites excluding steroid dienone is 1. The van der Waals surface area contributed by atoms with Crippen LogP contribution in [0, 0.1) is 5.92 Å². The number of hydrogen-bond acceptors (Lipinski definition) is 2. The first-order valence-corrected chi connectivity index (χ1v) is 4.74. The second-order valence-electron chi connectivity index (χ2n) is 3.54. The van der Waals surface area contributed by atoms with Gasteiger partial charge in [-0.2, -0.15) is 0 Å². The fourth-order valence-corrected chi connectivity index (χ4v) is 1.48. The lowest BCUT2D eigenvalue weighted by Crippen LogP contribution is -2.21. The second kappa shape index (κ2) is 5.92. The summed E-state index contributed by atoms with van der Waals surface area (Å²) in [7, 11) is 1.69. The summed E-state index contributed by atoms with van der Waals surface area (Å²) in [5.41, 5.74) is 1.02. The van der Waals surface area contributed by atoms with Crippen LogP contribution in [0.5, 0.6) is 0 Å². The molecule has 0 spiro atoms. The van der Waals surface area contributed by atoms with Crippen LogP contribution in [0.1, 0.15) is 34.1 Å². The van der Waals surface area contributed by atoms with Crippen molar-refractivity contribution in [2.24, 2.45) is 5.92 Å². The van der Waals surface area contributed by atoms with Crippen molar-refractivity contribution in [3.63, 3.8) is 0 Å². The molecule has 0 aromatic heterocycles. The van der Waals surface area contributed by atoms with Crippen LogP contribution < -0.4 is 0 Å². The van der Waals surface area contributed by atoms with E-state index in [0.717, 1.165) is 12.0 Å². The number of rotatable bonds is 5. The summed E-state index contributed by atoms with van der Waals surface area (Å²) in [6, 6.07) is 0. The molecular weight excluding hydrogens is 164 g/mol. The average Bonchev–Trinajstić information content (AvgIpc) is 2.03. The van der Waals surface area contributed by atoms with Gasteiger partial charge in [0.2, 0.25) is 0 Å². The Balaban J connectivity index is 4.48. The molecular formula is C11H20O2. The van der Waals surface area contributed by atoms with E-state index in [-0.39, 0.29) is 11.9 Å². The Hall–Kier alpha value is -0.630. The zero-order valence-electron chi connectivity index (χ0n) is 9.26. The highest BCUT2D eigenvalue weighted by atomic mass is 16.5. The first kappa shape index (κ1) is 12.4. The molecule has 0 aliphatic heterocycles. The summed E-state index contributed by atoms with van der Waals surface area (Å²) < 4.78 is 5.35. The van der Waals surface area contributed by atoms with Crippen molar-refractivity contribution in [2.45, 2.75) is 40.2 Å². The van der Waals surface area contributed by atoms with Crippen LogP contribution in [-0.2, 0) is 9.53 Å². The van der Waals surface area contributed by atoms with Gasteiger partial charge in [0.1, 0.15) is 0 Å². The van der Waals surface area contributed by atoms with Crippen LogP contribution in [0.25, 0.3) is 0 Å². The van der Waals surface area contributed by atoms with Gasteiger partial charge in [-0.15, -0.1) is 0 Å². The fourth-order valence-electron chi connectivity index (χ4n) is 1.48. The number of ether oxygens (including phenoxy) is 1. The summed E-state index contributed by atoms with van der Waals surface area (Å²) >= 11 is 0. The molecule has 13 heavy (non-hydrogen) atoms. The van der Waals surface area contributed by atoms with Gasteiger partial charge in [-0.1, -0.05) is 20.3 Å². The molecule has 2 heteroatoms. The van der Waals surface area contributed by atoms with Gasteiger partial charge in [0.05, 0.1) is 6.10 Å². The van der Waals surface area contributed by atoms with Gasteiger partial charge in [0.15, 0.2) is 5.78 Å². The van der Waals surface area contributed by atoms with Gasteiger partial charge in [-0.25, -0.2) is 0 Å². The number of hydrogen-bond donors (Lipinski definition) is 0. The molecule has 0 aliphatic rings. The molecule has 0 bridgehead atoms. The maximum Gasteiger partial charge on any atom is 0.152 e. The Morgan fingerprint density at radius 3 is 2.31 bits per heavy atom. The van der Waals surface area contributed by atoms with Crippen molar-refractivity contribution in [1.82, 2.24) is 0 Å². The summed E-state index contributed by atoms with van der Waals surface area (Å²) in [5, 5.41) is 0. The normalized spacial score (nSPS) is 16.8. The summed E-state index contributed by atoms with van der Waals surface area (Å²) in [6.07, 6.45) is 2.79. The summed E-state index contributed by atoms with van der Waals surface area (Å²) in [5.74, 6) is 0.545. The molecule has 0 saturated carbocycles. The third-order valence-corrected chi connectivity index (χ3v) is 2.29. The van der Waals surface area contributed by atoms with Crippen LogP contribution in [-0.4, -0.2) is 19.0 Å². The molecule has 2 nitrogen and oxygen atoms in total. The van der Waals surface area contributed by atoms with E-state index in [9.17, 15) is 4.79 Å². The zero-order chi connectivity index (χ0) is 10.4. The minimum Gasteiger partial charge on any atom is -0.377 e. The Morgan fingerprint density at radius 2 is 2.00 bits per heavy atom.